The predicted octanol–water partition coefficient (Wildman–Crippen LogP) is 6.45. The number of carbonyl (C=O) groups is 2. The fourth-order valence-corrected chi connectivity index (χ4v) is 5.46. The first-order chi connectivity index (χ1) is 18.9. The molecule has 2 amide bonds. The van der Waals surface area contributed by atoms with Crippen LogP contribution in [0.1, 0.15) is 24.2 Å². The summed E-state index contributed by atoms with van der Waals surface area (Å²) < 4.78 is 5.68. The van der Waals surface area contributed by atoms with Crippen molar-refractivity contribution in [1.29, 1.82) is 5.26 Å². The van der Waals surface area contributed by atoms with Gasteiger partial charge in [0.25, 0.3) is 5.91 Å². The highest BCUT2D eigenvalue weighted by Gasteiger charge is 2.36. The molecule has 0 radical (unpaired) electrons. The van der Waals surface area contributed by atoms with E-state index in [9.17, 15) is 14.9 Å². The molecule has 3 N–H and O–H groups in total. The van der Waals surface area contributed by atoms with Crippen molar-refractivity contribution < 1.29 is 14.0 Å². The normalized spacial score (nSPS) is 15.1. The second-order valence-electron chi connectivity index (χ2n) is 9.13. The Hall–Kier alpha value is -4.74. The van der Waals surface area contributed by atoms with Crippen molar-refractivity contribution in [2.45, 2.75) is 19.8 Å². The van der Waals surface area contributed by atoms with Gasteiger partial charge in [-0.2, -0.15) is 5.26 Å². The molecule has 3 aromatic carbocycles. The van der Waals surface area contributed by atoms with Crippen LogP contribution in [0.5, 0.6) is 0 Å². The molecule has 39 heavy (non-hydrogen) atoms. The molecule has 1 unspecified atom stereocenters. The molecule has 5 rings (SSSR count). The van der Waals surface area contributed by atoms with Gasteiger partial charge in [0.1, 0.15) is 5.76 Å². The summed E-state index contributed by atoms with van der Waals surface area (Å²) in [5.41, 5.74) is 3.59. The fourth-order valence-electron chi connectivity index (χ4n) is 4.57. The summed E-state index contributed by atoms with van der Waals surface area (Å²) in [7, 11) is 0. The van der Waals surface area contributed by atoms with Gasteiger partial charge >= 0.3 is 0 Å². The van der Waals surface area contributed by atoms with Crippen LogP contribution in [0.3, 0.4) is 0 Å². The Bertz CT molecular complexity index is 1660. The van der Waals surface area contributed by atoms with E-state index in [1.165, 1.54) is 18.0 Å². The Morgan fingerprint density at radius 2 is 1.74 bits per heavy atom. The SMILES string of the molecule is CC1=C(C(=O)Nc2ccccc2C)C(c2ccco2)C(C#N)=C(SCC(=O)Nc2ccc3ccccc3c2)N1. The molecular formula is C31H26N4O3S. The smallest absolute Gasteiger partial charge is 0.254 e. The van der Waals surface area contributed by atoms with Crippen LogP contribution >= 0.6 is 11.8 Å². The van der Waals surface area contributed by atoms with E-state index in [0.29, 0.717) is 39.0 Å². The van der Waals surface area contributed by atoms with Crippen molar-refractivity contribution >= 4 is 45.7 Å². The first-order valence-electron chi connectivity index (χ1n) is 12.4. The quantitative estimate of drug-likeness (QED) is 0.252. The average molecular weight is 535 g/mol. The lowest BCUT2D eigenvalue weighted by atomic mass is 9.85. The predicted molar refractivity (Wildman–Crippen MR) is 155 cm³/mol. The first kappa shape index (κ1) is 25.9. The maximum Gasteiger partial charge on any atom is 0.254 e. The largest absolute Gasteiger partial charge is 0.468 e. The summed E-state index contributed by atoms with van der Waals surface area (Å²) in [6.07, 6.45) is 1.52. The van der Waals surface area contributed by atoms with Crippen LogP contribution in [-0.2, 0) is 9.59 Å². The minimum atomic E-state index is -0.721. The summed E-state index contributed by atoms with van der Waals surface area (Å²) in [6.45, 7) is 3.70. The first-order valence-corrected chi connectivity index (χ1v) is 13.4. The van der Waals surface area contributed by atoms with Gasteiger partial charge < -0.3 is 20.4 Å². The minimum Gasteiger partial charge on any atom is -0.468 e. The molecule has 0 fully saturated rings. The van der Waals surface area contributed by atoms with E-state index in [1.54, 1.807) is 19.1 Å². The van der Waals surface area contributed by atoms with Crippen LogP contribution < -0.4 is 16.0 Å². The zero-order valence-corrected chi connectivity index (χ0v) is 22.3. The molecule has 0 spiro atoms. The monoisotopic (exact) mass is 534 g/mol. The number of rotatable bonds is 7. The zero-order valence-electron chi connectivity index (χ0n) is 21.4. The molecule has 1 aliphatic heterocycles. The van der Waals surface area contributed by atoms with Crippen molar-refractivity contribution in [2.75, 3.05) is 16.4 Å². The molecule has 1 atom stereocenters. The van der Waals surface area contributed by atoms with Gasteiger partial charge in [-0.1, -0.05) is 60.3 Å². The van der Waals surface area contributed by atoms with Gasteiger partial charge in [-0.3, -0.25) is 9.59 Å². The van der Waals surface area contributed by atoms with Crippen LogP contribution in [0.4, 0.5) is 11.4 Å². The van der Waals surface area contributed by atoms with E-state index in [0.717, 1.165) is 16.3 Å². The number of allylic oxidation sites excluding steroid dienone is 2. The van der Waals surface area contributed by atoms with Crippen LogP contribution in [-0.4, -0.2) is 17.6 Å². The summed E-state index contributed by atoms with van der Waals surface area (Å²) in [5, 5.41) is 21.9. The molecule has 0 bridgehead atoms. The van der Waals surface area contributed by atoms with E-state index >= 15 is 0 Å². The van der Waals surface area contributed by atoms with Gasteiger partial charge in [0.15, 0.2) is 0 Å². The van der Waals surface area contributed by atoms with E-state index in [1.807, 2.05) is 73.7 Å². The minimum absolute atomic E-state index is 0.0727. The Labute approximate surface area is 230 Å². The molecule has 8 heteroatoms. The number of para-hydroxylation sites is 1. The van der Waals surface area contributed by atoms with Gasteiger partial charge in [-0.25, -0.2) is 0 Å². The number of anilines is 2. The van der Waals surface area contributed by atoms with Crippen LogP contribution in [0, 0.1) is 18.3 Å². The number of fused-ring (bicyclic) bond motifs is 1. The van der Waals surface area contributed by atoms with Crippen molar-refractivity contribution in [3.8, 4) is 6.07 Å². The lowest BCUT2D eigenvalue weighted by Gasteiger charge is -2.28. The van der Waals surface area contributed by atoms with Crippen molar-refractivity contribution in [3.63, 3.8) is 0 Å². The number of hydrogen-bond acceptors (Lipinski definition) is 6. The van der Waals surface area contributed by atoms with Crippen molar-refractivity contribution in [1.82, 2.24) is 5.32 Å². The molecule has 0 saturated carbocycles. The number of hydrogen-bond donors (Lipinski definition) is 3. The number of carbonyl (C=O) groups excluding carboxylic acids is 2. The number of benzene rings is 3. The van der Waals surface area contributed by atoms with Crippen molar-refractivity contribution in [2.24, 2.45) is 0 Å². The number of nitrogens with one attached hydrogen (secondary N) is 3. The van der Waals surface area contributed by atoms with E-state index < -0.39 is 5.92 Å². The van der Waals surface area contributed by atoms with Gasteiger partial charge in [0.2, 0.25) is 5.91 Å². The molecule has 4 aromatic rings. The molecule has 1 aromatic heterocycles. The van der Waals surface area contributed by atoms with Crippen molar-refractivity contribution in [3.05, 3.63) is 118 Å². The Morgan fingerprint density at radius 1 is 0.974 bits per heavy atom. The van der Waals surface area contributed by atoms with E-state index in [4.69, 9.17) is 4.42 Å². The Morgan fingerprint density at radius 3 is 2.49 bits per heavy atom. The van der Waals surface area contributed by atoms with E-state index in [-0.39, 0.29) is 17.6 Å². The molecule has 0 saturated heterocycles. The summed E-state index contributed by atoms with van der Waals surface area (Å²) in [5.74, 6) is -0.714. The number of thioether (sulfide) groups is 1. The highest BCUT2D eigenvalue weighted by molar-refractivity contribution is 8.03. The maximum atomic E-state index is 13.5. The summed E-state index contributed by atoms with van der Waals surface area (Å²) >= 11 is 1.21. The molecule has 1 aliphatic rings. The van der Waals surface area contributed by atoms with Gasteiger partial charge in [-0.15, -0.1) is 0 Å². The van der Waals surface area contributed by atoms with Crippen LogP contribution in [0.25, 0.3) is 10.8 Å². The third kappa shape index (κ3) is 5.59. The highest BCUT2D eigenvalue weighted by Crippen LogP contribution is 2.41. The molecule has 194 valence electrons. The summed E-state index contributed by atoms with van der Waals surface area (Å²) in [6, 6.07) is 26.9. The van der Waals surface area contributed by atoms with Gasteiger partial charge in [0, 0.05) is 17.1 Å². The number of dihydropyridines is 1. The number of amides is 2. The molecule has 2 heterocycles. The fraction of sp³-hybridized carbons (Fsp3) is 0.129. The van der Waals surface area contributed by atoms with Gasteiger partial charge in [0.05, 0.1) is 40.2 Å². The third-order valence-electron chi connectivity index (χ3n) is 6.49. The second-order valence-corrected chi connectivity index (χ2v) is 10.1. The van der Waals surface area contributed by atoms with E-state index in [2.05, 4.69) is 22.0 Å². The Balaban J connectivity index is 1.37. The topological polar surface area (TPSA) is 107 Å². The average Bonchev–Trinajstić information content (AvgIpc) is 3.47. The standard InChI is InChI=1S/C31H26N4O3S/c1-19-8-3-6-11-25(19)35-30(37)28-20(2)33-31(24(17-32)29(28)26-12-7-15-38-26)39-18-27(36)34-23-14-13-21-9-4-5-10-22(21)16-23/h3-16,29,33H,18H2,1-2H3,(H,34,36)(H,35,37). The number of nitrogens with zero attached hydrogens (tertiary/aromatic N) is 1. The summed E-state index contributed by atoms with van der Waals surface area (Å²) in [4.78, 5) is 26.3. The maximum absolute atomic E-state index is 13.5. The third-order valence-corrected chi connectivity index (χ3v) is 7.51. The molecule has 7 nitrogen and oxygen atoms in total. The number of nitriles is 1. The second kappa shape index (κ2) is 11.3. The Kier molecular flexibility index (Phi) is 7.53. The lowest BCUT2D eigenvalue weighted by Crippen LogP contribution is -2.31. The molecular weight excluding hydrogens is 508 g/mol. The number of aryl methyl sites for hydroxylation is 1. The van der Waals surface area contributed by atoms with Crippen LogP contribution in [0.2, 0.25) is 0 Å². The van der Waals surface area contributed by atoms with Gasteiger partial charge in [-0.05, 0) is 60.5 Å². The lowest BCUT2D eigenvalue weighted by molar-refractivity contribution is -0.114. The van der Waals surface area contributed by atoms with Crippen LogP contribution in [0.15, 0.2) is 111 Å². The highest BCUT2D eigenvalue weighted by atomic mass is 32.2. The number of furan rings is 1. The molecule has 0 aliphatic carbocycles. The zero-order chi connectivity index (χ0) is 27.4.